The molecule has 0 saturated heterocycles. The molecule has 0 aliphatic rings. The quantitative estimate of drug-likeness (QED) is 0.128. The van der Waals surface area contributed by atoms with Gasteiger partial charge in [-0.3, -0.25) is 10.1 Å². The predicted molar refractivity (Wildman–Crippen MR) is 566 cm³/mol. The first-order valence-electron chi connectivity index (χ1n) is 45.0. The van der Waals surface area contributed by atoms with Crippen LogP contribution in [-0.4, -0.2) is 65.0 Å². The van der Waals surface area contributed by atoms with Crippen LogP contribution in [0.1, 0.15) is 399 Å². The number of nitrogens with one attached hydrogen (secondary N) is 3. The number of imidazole rings is 1. The lowest BCUT2D eigenvalue weighted by Gasteiger charge is -2.11. The highest BCUT2D eigenvalue weighted by molar-refractivity contribution is 7.09. The average molecular weight is 1800 g/mol. The van der Waals surface area contributed by atoms with Crippen LogP contribution in [0.25, 0.3) is 0 Å². The fraction of sp³-hybridized carbons (Fsp3) is 0.663. The van der Waals surface area contributed by atoms with Gasteiger partial charge in [0.25, 0.3) is 0 Å². The van der Waals surface area contributed by atoms with E-state index < -0.39 is 0 Å². The largest absolute Gasteiger partial charge is 0.473 e. The number of thiazole rings is 1. The van der Waals surface area contributed by atoms with Gasteiger partial charge in [0.2, 0.25) is 12.3 Å². The van der Waals surface area contributed by atoms with Crippen LogP contribution in [0.4, 0.5) is 0 Å². The maximum Gasteiger partial charge on any atom is 0.221 e. The Labute approximate surface area is 779 Å². The zero-order valence-corrected chi connectivity index (χ0v) is 93.2. The van der Waals surface area contributed by atoms with Crippen molar-refractivity contribution in [3.8, 4) is 0 Å². The molecule has 730 valence electrons. The van der Waals surface area contributed by atoms with Crippen molar-refractivity contribution in [1.82, 2.24) is 65.0 Å². The molecule has 0 aliphatic heterocycles. The molecular weight excluding hydrogens is 1590 g/mol. The first-order chi connectivity index (χ1) is 57.3. The lowest BCUT2D eigenvalue weighted by Crippen LogP contribution is -2.11. The number of thiophene rings is 1. The molecule has 17 nitrogen and oxygen atoms in total. The Morgan fingerprint density at radius 1 is 0.320 bits per heavy atom. The number of hydrogen-bond acceptors (Lipinski definition) is 18. The number of H-pyrrole nitrogens is 3. The van der Waals surface area contributed by atoms with E-state index in [0.717, 1.165) is 58.3 Å². The number of furan rings is 1. The van der Waals surface area contributed by atoms with Crippen molar-refractivity contribution in [1.29, 1.82) is 0 Å². The Morgan fingerprint density at radius 3 is 0.844 bits per heavy atom. The highest BCUT2D eigenvalue weighted by atomic mass is 32.1. The maximum atomic E-state index is 4.98. The van der Waals surface area contributed by atoms with E-state index in [1.54, 1.807) is 120 Å². The first-order valence-corrected chi connectivity index (χ1v) is 48.6. The minimum Gasteiger partial charge on any atom is -0.473 e. The van der Waals surface area contributed by atoms with Crippen molar-refractivity contribution in [2.45, 2.75) is 399 Å². The third-order valence-corrected chi connectivity index (χ3v) is 8.34. The average Bonchev–Trinajstić information content (AvgIpc) is 1.76. The summed E-state index contributed by atoms with van der Waals surface area (Å²) in [7, 11) is 0. The Hall–Kier alpha value is -6.94. The minimum atomic E-state index is -0.0174. The summed E-state index contributed by atoms with van der Waals surface area (Å²) in [4.78, 5) is 16.6. The number of aromatic nitrogens is 13. The standard InChI is InChI=1S/C6H10N2O.C6H10N2S.C4H5N.C4H4O.C4H4S.9C4H10.2C3H4N2.2C3H3NO.2C3H3NS.11C2H6.CH4/c2*1-6(2,3)5-8-7-4-9-5;3*1-2-4-5-3-1;9*1-4(2)3;1-2-5-3-4-1;1-2-4-5-3-1;1-2-5-3-4-1;1-2-4-5-3-1;1-2-5-3-4-1;1-2-4-5-3-1;11*1-2;/h2*4H,1-3H3;1-5H;2*1-4H;9*4H,1-3H3;2*1-3H,(H,4,5);4*1-3H;11*1-2H3;1H4. The molecule has 11 heterocycles. The molecule has 0 amide bonds. The predicted octanol–water partition coefficient (Wildman–Crippen LogP) is 38.6. The molecule has 3 N–H and O–H groups in total. The second-order valence-electron chi connectivity index (χ2n) is 28.3. The van der Waals surface area contributed by atoms with Crippen LogP contribution in [0.2, 0.25) is 0 Å². The molecule has 0 atom stereocenters. The van der Waals surface area contributed by atoms with Crippen molar-refractivity contribution in [2.24, 2.45) is 53.3 Å². The Morgan fingerprint density at radius 2 is 0.738 bits per heavy atom. The molecule has 11 aromatic heterocycles. The van der Waals surface area contributed by atoms with Gasteiger partial charge >= 0.3 is 0 Å². The molecule has 122 heavy (non-hydrogen) atoms. The van der Waals surface area contributed by atoms with Crippen molar-refractivity contribution >= 4 is 45.5 Å². The summed E-state index contributed by atoms with van der Waals surface area (Å²) in [5, 5.41) is 33.7. The van der Waals surface area contributed by atoms with Gasteiger partial charge in [0.05, 0.1) is 36.8 Å². The van der Waals surface area contributed by atoms with E-state index in [9.17, 15) is 0 Å². The van der Waals surface area contributed by atoms with Gasteiger partial charge in [-0.1, -0.05) is 406 Å². The SMILES string of the molecule is C.CC.CC.CC.CC.CC.CC.CC.CC.CC.CC.CC.CC(C)(C)c1nnco1.CC(C)(C)c1nncs1.CC(C)C.CC(C)C.CC(C)C.CC(C)C.CC(C)C.CC(C)C.CC(C)C.CC(C)C.CC(C)C.c1c[nH]cn1.c1cc[nH]c1.c1ccoc1.c1ccsc1.c1cn[nH]c1.c1cnoc1.c1cnsc1.c1cocn1.c1cscn1. The molecule has 0 aliphatic carbocycles. The third kappa shape index (κ3) is 346. The van der Waals surface area contributed by atoms with Gasteiger partial charge in [-0.2, -0.15) is 16.4 Å². The fourth-order valence-electron chi connectivity index (χ4n) is 2.86. The summed E-state index contributed by atoms with van der Waals surface area (Å²) in [6, 6.07) is 17.1. The fourth-order valence-corrected chi connectivity index (χ4v) is 4.66. The zero-order chi connectivity index (χ0) is 99.8. The number of oxazole rings is 1. The molecule has 21 heteroatoms. The molecule has 0 unspecified atom stereocenters. The summed E-state index contributed by atoms with van der Waals surface area (Å²) in [6.45, 7) is 115. The summed E-state index contributed by atoms with van der Waals surface area (Å²) >= 11 is 6.39. The maximum absolute atomic E-state index is 4.98. The second-order valence-corrected chi connectivity index (χ2v) is 31.4. The molecule has 0 fully saturated rings. The zero-order valence-electron chi connectivity index (χ0n) is 89.9. The first kappa shape index (κ1) is 169. The van der Waals surface area contributed by atoms with Crippen LogP contribution in [-0.2, 0) is 10.8 Å². The highest BCUT2D eigenvalue weighted by Gasteiger charge is 2.18. The van der Waals surface area contributed by atoms with Crippen LogP contribution in [0.15, 0.2) is 211 Å². The molecule has 11 aromatic rings. The van der Waals surface area contributed by atoms with Gasteiger partial charge in [-0.05, 0) is 118 Å². The van der Waals surface area contributed by atoms with Crippen molar-refractivity contribution in [3.05, 3.63) is 204 Å². The lowest BCUT2D eigenvalue weighted by atomic mass is 9.97. The van der Waals surface area contributed by atoms with Crippen molar-refractivity contribution in [3.63, 3.8) is 0 Å². The van der Waals surface area contributed by atoms with Crippen LogP contribution in [0, 0.1) is 53.3 Å². The van der Waals surface area contributed by atoms with Gasteiger partial charge in [-0.25, -0.2) is 14.3 Å². The molecule has 0 radical (unpaired) electrons. The molecule has 0 spiro atoms. The van der Waals surface area contributed by atoms with Crippen molar-refractivity contribution in [2.75, 3.05) is 0 Å². The van der Waals surface area contributed by atoms with Gasteiger partial charge < -0.3 is 27.7 Å². The summed E-state index contributed by atoms with van der Waals surface area (Å²) in [6.07, 6.45) is 28.0. The molecule has 0 bridgehead atoms. The van der Waals surface area contributed by atoms with Crippen LogP contribution >= 0.6 is 45.5 Å². The third-order valence-electron chi connectivity index (χ3n) is 5.55. The van der Waals surface area contributed by atoms with Gasteiger partial charge in [0, 0.05) is 71.2 Å². The molecule has 11 rings (SSSR count). The Bertz CT molecular complexity index is 1990. The van der Waals surface area contributed by atoms with Crippen molar-refractivity contribution < 1.29 is 17.8 Å². The Balaban J connectivity index is -0.0000000459. The summed E-state index contributed by atoms with van der Waals surface area (Å²) < 4.78 is 22.1. The lowest BCUT2D eigenvalue weighted by molar-refractivity contribution is 0.392. The van der Waals surface area contributed by atoms with E-state index in [2.05, 4.69) is 286 Å². The van der Waals surface area contributed by atoms with Crippen LogP contribution in [0.5, 0.6) is 0 Å². The normalized spacial score (nSPS) is 7.90. The number of nitrogens with zero attached hydrogens (tertiary/aromatic N) is 10. The topological polar surface area (TPSA) is 229 Å². The van der Waals surface area contributed by atoms with E-state index in [1.165, 1.54) is 36.8 Å². The van der Waals surface area contributed by atoms with E-state index in [-0.39, 0.29) is 18.3 Å². The van der Waals surface area contributed by atoms with E-state index in [4.69, 9.17) is 4.42 Å². The van der Waals surface area contributed by atoms with E-state index >= 15 is 0 Å². The van der Waals surface area contributed by atoms with Gasteiger partial charge in [0.15, 0.2) is 6.39 Å². The van der Waals surface area contributed by atoms with Gasteiger partial charge in [-0.15, -0.1) is 43.1 Å². The molecule has 0 aromatic carbocycles. The smallest absolute Gasteiger partial charge is 0.221 e. The molecule has 0 saturated carbocycles. The monoisotopic (exact) mass is 1800 g/mol. The molecular formula is C101H213N13O4S4. The van der Waals surface area contributed by atoms with E-state index in [1.807, 2.05) is 256 Å². The second kappa shape index (κ2) is 176. The number of hydrogen-bond donors (Lipinski definition) is 3. The van der Waals surface area contributed by atoms with Crippen LogP contribution in [0.3, 0.4) is 0 Å². The van der Waals surface area contributed by atoms with E-state index in [0.29, 0.717) is 5.89 Å². The van der Waals surface area contributed by atoms with Gasteiger partial charge in [0.1, 0.15) is 23.0 Å². The number of rotatable bonds is 0. The summed E-state index contributed by atoms with van der Waals surface area (Å²) in [5.41, 5.74) is 3.71. The number of aromatic amines is 3. The Kier molecular flexibility index (Phi) is 244. The summed E-state index contributed by atoms with van der Waals surface area (Å²) in [5.74, 6) is 8.18. The highest BCUT2D eigenvalue weighted by Crippen LogP contribution is 2.22. The minimum absolute atomic E-state index is 0. The van der Waals surface area contributed by atoms with Crippen LogP contribution < -0.4 is 0 Å².